The van der Waals surface area contributed by atoms with Crippen LogP contribution < -0.4 is 10.2 Å². The summed E-state index contributed by atoms with van der Waals surface area (Å²) in [5.41, 5.74) is 1.69. The third-order valence-corrected chi connectivity index (χ3v) is 4.70. The number of hydrogen-bond acceptors (Lipinski definition) is 4. The Balaban J connectivity index is 2.21. The van der Waals surface area contributed by atoms with Gasteiger partial charge in [0.1, 0.15) is 17.5 Å². The lowest BCUT2D eigenvalue weighted by Crippen LogP contribution is -2.39. The third kappa shape index (κ3) is 3.05. The van der Waals surface area contributed by atoms with Gasteiger partial charge in [-0.3, -0.25) is 0 Å². The molecule has 2 heterocycles. The van der Waals surface area contributed by atoms with E-state index < -0.39 is 0 Å². The molecule has 0 radical (unpaired) electrons. The van der Waals surface area contributed by atoms with Gasteiger partial charge < -0.3 is 10.2 Å². The quantitative estimate of drug-likeness (QED) is 0.913. The molecule has 0 aromatic carbocycles. The molecule has 20 heavy (non-hydrogen) atoms. The number of aryl methyl sites for hydroxylation is 1. The monoisotopic (exact) mass is 276 g/mol. The first kappa shape index (κ1) is 15.1. The molecule has 0 unspecified atom stereocenters. The fourth-order valence-electron chi connectivity index (χ4n) is 2.87. The summed E-state index contributed by atoms with van der Waals surface area (Å²) in [6.45, 7) is 14.0. The minimum absolute atomic E-state index is 0.511. The Hall–Kier alpha value is -1.32. The maximum absolute atomic E-state index is 4.69. The smallest absolute Gasteiger partial charge is 0.137 e. The van der Waals surface area contributed by atoms with Crippen molar-refractivity contribution in [3.8, 4) is 0 Å². The van der Waals surface area contributed by atoms with E-state index in [0.29, 0.717) is 5.41 Å². The molecule has 0 amide bonds. The molecule has 1 aromatic heterocycles. The molecular weight excluding hydrogens is 248 g/mol. The van der Waals surface area contributed by atoms with Crippen LogP contribution in [-0.2, 0) is 0 Å². The highest BCUT2D eigenvalue weighted by molar-refractivity contribution is 5.58. The first-order valence-corrected chi connectivity index (χ1v) is 7.83. The van der Waals surface area contributed by atoms with Gasteiger partial charge in [0.25, 0.3) is 0 Å². The molecule has 2 rings (SSSR count). The average molecular weight is 276 g/mol. The van der Waals surface area contributed by atoms with E-state index in [1.807, 2.05) is 6.92 Å². The molecular formula is C16H28N4. The average Bonchev–Trinajstić information content (AvgIpc) is 2.44. The van der Waals surface area contributed by atoms with Crippen LogP contribution in [0.4, 0.5) is 11.6 Å². The highest BCUT2D eigenvalue weighted by Crippen LogP contribution is 2.36. The zero-order valence-electron chi connectivity index (χ0n) is 13.6. The Morgan fingerprint density at radius 1 is 1.15 bits per heavy atom. The Morgan fingerprint density at radius 2 is 1.80 bits per heavy atom. The van der Waals surface area contributed by atoms with Crippen molar-refractivity contribution in [2.24, 2.45) is 5.41 Å². The number of nitrogens with one attached hydrogen (secondary N) is 1. The Kier molecular flexibility index (Phi) is 4.51. The summed E-state index contributed by atoms with van der Waals surface area (Å²) in [5, 5.41) is 3.35. The maximum Gasteiger partial charge on any atom is 0.137 e. The van der Waals surface area contributed by atoms with Gasteiger partial charge in [0, 0.05) is 25.2 Å². The highest BCUT2D eigenvalue weighted by atomic mass is 15.2. The summed E-state index contributed by atoms with van der Waals surface area (Å²) < 4.78 is 0. The van der Waals surface area contributed by atoms with Crippen molar-refractivity contribution >= 4 is 11.6 Å². The molecule has 1 aromatic rings. The molecule has 1 saturated heterocycles. The predicted octanol–water partition coefficient (Wildman–Crippen LogP) is 3.54. The molecule has 0 bridgehead atoms. The van der Waals surface area contributed by atoms with E-state index in [-0.39, 0.29) is 0 Å². The maximum atomic E-state index is 4.69. The Morgan fingerprint density at radius 3 is 2.35 bits per heavy atom. The van der Waals surface area contributed by atoms with Crippen molar-refractivity contribution in [2.45, 2.75) is 53.9 Å². The second-order valence-corrected chi connectivity index (χ2v) is 6.25. The van der Waals surface area contributed by atoms with E-state index in [9.17, 15) is 0 Å². The van der Waals surface area contributed by atoms with E-state index in [1.165, 1.54) is 24.8 Å². The van der Waals surface area contributed by atoms with Crippen LogP contribution in [0.2, 0.25) is 0 Å². The van der Waals surface area contributed by atoms with Crippen LogP contribution in [-0.4, -0.2) is 29.6 Å². The summed E-state index contributed by atoms with van der Waals surface area (Å²) in [6.07, 6.45) is 3.77. The van der Waals surface area contributed by atoms with Crippen LogP contribution in [0.15, 0.2) is 0 Å². The van der Waals surface area contributed by atoms with Crippen molar-refractivity contribution in [3.63, 3.8) is 0 Å². The molecule has 0 saturated carbocycles. The Labute approximate surface area is 123 Å². The second kappa shape index (κ2) is 5.98. The van der Waals surface area contributed by atoms with Crippen molar-refractivity contribution < 1.29 is 0 Å². The fraction of sp³-hybridized carbons (Fsp3) is 0.750. The SMILES string of the molecule is CCNc1nc(C)nc(N2CCC(C)(CC)CC2)c1C. The van der Waals surface area contributed by atoms with Crippen LogP contribution in [0.3, 0.4) is 0 Å². The third-order valence-electron chi connectivity index (χ3n) is 4.70. The van der Waals surface area contributed by atoms with Gasteiger partial charge in [0.15, 0.2) is 0 Å². The number of anilines is 2. The zero-order chi connectivity index (χ0) is 14.8. The summed E-state index contributed by atoms with van der Waals surface area (Å²) in [4.78, 5) is 11.6. The summed E-state index contributed by atoms with van der Waals surface area (Å²) in [5.74, 6) is 2.95. The lowest BCUT2D eigenvalue weighted by molar-refractivity contribution is 0.237. The molecule has 1 aliphatic heterocycles. The van der Waals surface area contributed by atoms with Gasteiger partial charge in [-0.05, 0) is 39.0 Å². The van der Waals surface area contributed by atoms with Gasteiger partial charge in [0.2, 0.25) is 0 Å². The first-order valence-electron chi connectivity index (χ1n) is 7.83. The van der Waals surface area contributed by atoms with E-state index in [2.05, 4.69) is 47.9 Å². The standard InChI is InChI=1S/C16H28N4/c1-6-16(5)8-10-20(11-9-16)15-12(3)14(17-7-2)18-13(4)19-15/h6-11H2,1-5H3,(H,17,18,19). The minimum atomic E-state index is 0.511. The highest BCUT2D eigenvalue weighted by Gasteiger charge is 2.29. The molecule has 4 heteroatoms. The molecule has 1 fully saturated rings. The van der Waals surface area contributed by atoms with Crippen molar-refractivity contribution in [3.05, 3.63) is 11.4 Å². The van der Waals surface area contributed by atoms with Crippen molar-refractivity contribution in [1.82, 2.24) is 9.97 Å². The number of aromatic nitrogens is 2. The molecule has 112 valence electrons. The predicted molar refractivity (Wildman–Crippen MR) is 85.5 cm³/mol. The van der Waals surface area contributed by atoms with E-state index in [4.69, 9.17) is 0 Å². The number of piperidine rings is 1. The van der Waals surface area contributed by atoms with Gasteiger partial charge in [0.05, 0.1) is 0 Å². The number of nitrogens with zero attached hydrogens (tertiary/aromatic N) is 3. The largest absolute Gasteiger partial charge is 0.370 e. The summed E-state index contributed by atoms with van der Waals surface area (Å²) in [6, 6.07) is 0. The van der Waals surface area contributed by atoms with Crippen LogP contribution in [0, 0.1) is 19.3 Å². The topological polar surface area (TPSA) is 41.1 Å². The number of hydrogen-bond donors (Lipinski definition) is 1. The van der Waals surface area contributed by atoms with Crippen molar-refractivity contribution in [1.29, 1.82) is 0 Å². The van der Waals surface area contributed by atoms with Gasteiger partial charge in [-0.25, -0.2) is 9.97 Å². The zero-order valence-corrected chi connectivity index (χ0v) is 13.6. The van der Waals surface area contributed by atoms with E-state index in [1.54, 1.807) is 0 Å². The van der Waals surface area contributed by atoms with Crippen LogP contribution in [0.5, 0.6) is 0 Å². The Bertz CT molecular complexity index is 462. The molecule has 1 aliphatic rings. The van der Waals surface area contributed by atoms with Crippen molar-refractivity contribution in [2.75, 3.05) is 29.9 Å². The normalized spacial score (nSPS) is 18.1. The second-order valence-electron chi connectivity index (χ2n) is 6.25. The van der Waals surface area contributed by atoms with Gasteiger partial charge >= 0.3 is 0 Å². The first-order chi connectivity index (χ1) is 9.49. The van der Waals surface area contributed by atoms with Gasteiger partial charge in [-0.2, -0.15) is 0 Å². The molecule has 0 spiro atoms. The van der Waals surface area contributed by atoms with Gasteiger partial charge in [-0.15, -0.1) is 0 Å². The number of rotatable bonds is 4. The van der Waals surface area contributed by atoms with Crippen LogP contribution in [0.1, 0.15) is 51.4 Å². The molecule has 4 nitrogen and oxygen atoms in total. The summed E-state index contributed by atoms with van der Waals surface area (Å²) in [7, 11) is 0. The summed E-state index contributed by atoms with van der Waals surface area (Å²) >= 11 is 0. The minimum Gasteiger partial charge on any atom is -0.370 e. The molecule has 0 atom stereocenters. The van der Waals surface area contributed by atoms with E-state index in [0.717, 1.165) is 37.1 Å². The fourth-order valence-corrected chi connectivity index (χ4v) is 2.87. The lowest BCUT2D eigenvalue weighted by atomic mass is 9.78. The van der Waals surface area contributed by atoms with Crippen LogP contribution in [0.25, 0.3) is 0 Å². The van der Waals surface area contributed by atoms with Gasteiger partial charge in [-0.1, -0.05) is 20.3 Å². The van der Waals surface area contributed by atoms with Crippen LogP contribution >= 0.6 is 0 Å². The lowest BCUT2D eigenvalue weighted by Gasteiger charge is -2.40. The molecule has 1 N–H and O–H groups in total. The molecule has 0 aliphatic carbocycles. The van der Waals surface area contributed by atoms with E-state index >= 15 is 0 Å².